The lowest BCUT2D eigenvalue weighted by Crippen LogP contribution is -2.04. The maximum atomic E-state index is 5.92. The maximum Gasteiger partial charge on any atom is 0.133 e. The number of anilines is 1. The van der Waals surface area contributed by atoms with Crippen LogP contribution >= 0.6 is 15.9 Å². The summed E-state index contributed by atoms with van der Waals surface area (Å²) in [6.07, 6.45) is 0. The van der Waals surface area contributed by atoms with E-state index >= 15 is 0 Å². The van der Waals surface area contributed by atoms with Crippen LogP contribution in [0.3, 0.4) is 0 Å². The highest BCUT2D eigenvalue weighted by Gasteiger charge is 2.09. The van der Waals surface area contributed by atoms with Crippen LogP contribution in [0.15, 0.2) is 22.7 Å². The van der Waals surface area contributed by atoms with Crippen LogP contribution in [0.4, 0.5) is 5.69 Å². The number of ether oxygens (including phenoxy) is 1. The van der Waals surface area contributed by atoms with Gasteiger partial charge in [0, 0.05) is 0 Å². The van der Waals surface area contributed by atoms with Crippen molar-refractivity contribution in [2.45, 2.75) is 20.4 Å². The number of nitrogen functional groups attached to an aromatic ring is 1. The molecule has 0 saturated carbocycles. The molecule has 2 N–H and O–H groups in total. The fourth-order valence-corrected chi connectivity index (χ4v) is 2.43. The standard InChI is InChI=1S/C13H16BrN3O/c1-8-13(15)9(2)17(16-8)7-10-4-5-12(18-3)11(14)6-10/h4-6H,7,15H2,1-3H3. The quantitative estimate of drug-likeness (QED) is 0.948. The van der Waals surface area contributed by atoms with Crippen molar-refractivity contribution in [2.24, 2.45) is 0 Å². The molecule has 0 bridgehead atoms. The van der Waals surface area contributed by atoms with Gasteiger partial charge in [-0.15, -0.1) is 0 Å². The highest BCUT2D eigenvalue weighted by atomic mass is 79.9. The van der Waals surface area contributed by atoms with E-state index in [1.165, 1.54) is 0 Å². The van der Waals surface area contributed by atoms with Gasteiger partial charge in [0.25, 0.3) is 0 Å². The minimum atomic E-state index is 0.701. The number of hydrogen-bond acceptors (Lipinski definition) is 3. The molecule has 1 heterocycles. The zero-order valence-corrected chi connectivity index (χ0v) is 12.3. The van der Waals surface area contributed by atoms with Gasteiger partial charge in [0.2, 0.25) is 0 Å². The number of methoxy groups -OCH3 is 1. The maximum absolute atomic E-state index is 5.92. The molecule has 0 aliphatic carbocycles. The molecule has 0 fully saturated rings. The number of aromatic nitrogens is 2. The van der Waals surface area contributed by atoms with Gasteiger partial charge < -0.3 is 10.5 Å². The molecule has 0 radical (unpaired) electrons. The van der Waals surface area contributed by atoms with Crippen LogP contribution in [0.1, 0.15) is 17.0 Å². The van der Waals surface area contributed by atoms with E-state index in [0.29, 0.717) is 6.54 Å². The zero-order valence-electron chi connectivity index (χ0n) is 10.7. The first kappa shape index (κ1) is 13.0. The van der Waals surface area contributed by atoms with Crippen LogP contribution in [0.5, 0.6) is 5.75 Å². The van der Waals surface area contributed by atoms with Gasteiger partial charge >= 0.3 is 0 Å². The van der Waals surface area contributed by atoms with E-state index in [9.17, 15) is 0 Å². The second kappa shape index (κ2) is 5.02. The number of nitrogens with two attached hydrogens (primary N) is 1. The molecule has 5 heteroatoms. The average molecular weight is 310 g/mol. The van der Waals surface area contributed by atoms with Crippen molar-refractivity contribution < 1.29 is 4.74 Å². The minimum Gasteiger partial charge on any atom is -0.496 e. The van der Waals surface area contributed by atoms with Crippen LogP contribution in [-0.4, -0.2) is 16.9 Å². The third-order valence-corrected chi connectivity index (χ3v) is 3.61. The third kappa shape index (κ3) is 2.36. The number of nitrogens with zero attached hydrogens (tertiary/aromatic N) is 2. The van der Waals surface area contributed by atoms with E-state index in [1.54, 1.807) is 7.11 Å². The van der Waals surface area contributed by atoms with Gasteiger partial charge in [-0.05, 0) is 47.5 Å². The Morgan fingerprint density at radius 3 is 2.61 bits per heavy atom. The number of benzene rings is 1. The van der Waals surface area contributed by atoms with Gasteiger partial charge in [-0.25, -0.2) is 0 Å². The Morgan fingerprint density at radius 1 is 1.39 bits per heavy atom. The van der Waals surface area contributed by atoms with Gasteiger partial charge in [-0.1, -0.05) is 6.07 Å². The second-order valence-electron chi connectivity index (χ2n) is 4.21. The lowest BCUT2D eigenvalue weighted by atomic mass is 10.2. The van der Waals surface area contributed by atoms with Crippen LogP contribution in [0.2, 0.25) is 0 Å². The summed E-state index contributed by atoms with van der Waals surface area (Å²) in [6.45, 7) is 4.60. The van der Waals surface area contributed by atoms with E-state index in [0.717, 1.165) is 32.9 Å². The molecule has 0 spiro atoms. The van der Waals surface area contributed by atoms with E-state index in [2.05, 4.69) is 21.0 Å². The zero-order chi connectivity index (χ0) is 13.3. The smallest absolute Gasteiger partial charge is 0.133 e. The molecule has 0 unspecified atom stereocenters. The summed E-state index contributed by atoms with van der Waals surface area (Å²) in [7, 11) is 1.65. The molecule has 1 aromatic heterocycles. The largest absolute Gasteiger partial charge is 0.496 e. The first-order valence-corrected chi connectivity index (χ1v) is 6.44. The second-order valence-corrected chi connectivity index (χ2v) is 5.07. The van der Waals surface area contributed by atoms with Crippen molar-refractivity contribution in [1.82, 2.24) is 9.78 Å². The Labute approximate surface area is 115 Å². The number of rotatable bonds is 3. The Bertz CT molecular complexity index is 578. The predicted molar refractivity (Wildman–Crippen MR) is 75.9 cm³/mol. The summed E-state index contributed by atoms with van der Waals surface area (Å²) in [5, 5.41) is 4.42. The Morgan fingerprint density at radius 2 is 2.11 bits per heavy atom. The highest BCUT2D eigenvalue weighted by Crippen LogP contribution is 2.26. The van der Waals surface area contributed by atoms with Crippen LogP contribution in [-0.2, 0) is 6.54 Å². The fraction of sp³-hybridized carbons (Fsp3) is 0.308. The molecule has 0 saturated heterocycles. The van der Waals surface area contributed by atoms with Gasteiger partial charge in [-0.3, -0.25) is 4.68 Å². The van der Waals surface area contributed by atoms with Crippen molar-refractivity contribution >= 4 is 21.6 Å². The molecule has 1 aromatic carbocycles. The van der Waals surface area contributed by atoms with Crippen molar-refractivity contribution in [3.8, 4) is 5.75 Å². The highest BCUT2D eigenvalue weighted by molar-refractivity contribution is 9.10. The number of aryl methyl sites for hydroxylation is 1. The van der Waals surface area contributed by atoms with Crippen LogP contribution < -0.4 is 10.5 Å². The summed E-state index contributed by atoms with van der Waals surface area (Å²) in [4.78, 5) is 0. The van der Waals surface area contributed by atoms with E-state index < -0.39 is 0 Å². The SMILES string of the molecule is COc1ccc(Cn2nc(C)c(N)c2C)cc1Br. The molecule has 4 nitrogen and oxygen atoms in total. The molecule has 18 heavy (non-hydrogen) atoms. The summed E-state index contributed by atoms with van der Waals surface area (Å²) in [6, 6.07) is 6.00. The molecule has 0 aliphatic heterocycles. The topological polar surface area (TPSA) is 53.1 Å². The molecule has 2 rings (SSSR count). The van der Waals surface area contributed by atoms with Crippen LogP contribution in [0.25, 0.3) is 0 Å². The third-order valence-electron chi connectivity index (χ3n) is 2.99. The molecule has 0 aliphatic rings. The normalized spacial score (nSPS) is 10.7. The Hall–Kier alpha value is -1.49. The van der Waals surface area contributed by atoms with Gasteiger partial charge in [0.05, 0.1) is 35.2 Å². The number of hydrogen-bond donors (Lipinski definition) is 1. The first-order chi connectivity index (χ1) is 8.52. The Kier molecular flexibility index (Phi) is 3.61. The molecule has 0 amide bonds. The molecular formula is C13H16BrN3O. The molecule has 96 valence electrons. The van der Waals surface area contributed by atoms with Crippen LogP contribution in [0, 0.1) is 13.8 Å². The van der Waals surface area contributed by atoms with Crippen molar-refractivity contribution in [3.63, 3.8) is 0 Å². The van der Waals surface area contributed by atoms with E-state index in [-0.39, 0.29) is 0 Å². The number of halogens is 1. The lowest BCUT2D eigenvalue weighted by Gasteiger charge is -2.08. The summed E-state index contributed by atoms with van der Waals surface area (Å²) >= 11 is 3.48. The average Bonchev–Trinajstić information content (AvgIpc) is 2.57. The minimum absolute atomic E-state index is 0.701. The first-order valence-electron chi connectivity index (χ1n) is 5.65. The summed E-state index contributed by atoms with van der Waals surface area (Å²) in [5.41, 5.74) is 9.71. The van der Waals surface area contributed by atoms with Crippen molar-refractivity contribution in [1.29, 1.82) is 0 Å². The van der Waals surface area contributed by atoms with Gasteiger partial charge in [0.1, 0.15) is 5.75 Å². The van der Waals surface area contributed by atoms with E-state index in [1.807, 2.05) is 36.7 Å². The molecule has 2 aromatic rings. The monoisotopic (exact) mass is 309 g/mol. The Balaban J connectivity index is 2.28. The molecule has 0 atom stereocenters. The van der Waals surface area contributed by atoms with Gasteiger partial charge in [0.15, 0.2) is 0 Å². The van der Waals surface area contributed by atoms with Gasteiger partial charge in [-0.2, -0.15) is 5.10 Å². The summed E-state index contributed by atoms with van der Waals surface area (Å²) in [5.74, 6) is 0.826. The summed E-state index contributed by atoms with van der Waals surface area (Å²) < 4.78 is 8.07. The van der Waals surface area contributed by atoms with Crippen molar-refractivity contribution in [2.75, 3.05) is 12.8 Å². The lowest BCUT2D eigenvalue weighted by molar-refractivity contribution is 0.412. The fourth-order valence-electron chi connectivity index (χ4n) is 1.85. The molecular weight excluding hydrogens is 294 g/mol. The van der Waals surface area contributed by atoms with Crippen molar-refractivity contribution in [3.05, 3.63) is 39.6 Å². The van der Waals surface area contributed by atoms with E-state index in [4.69, 9.17) is 10.5 Å². The predicted octanol–water partition coefficient (Wildman–Crippen LogP) is 2.90.